The SMILES string of the molecule is CN1CCN(C(=O)Cc2cc(Cl)cc3cc(C(=O)[C@@H]4OC5(CCNCC5)c5ccccc54)[nH]c23)CC1. The number of amides is 1. The number of ketones is 1. The predicted molar refractivity (Wildman–Crippen MR) is 139 cm³/mol. The highest BCUT2D eigenvalue weighted by atomic mass is 35.5. The van der Waals surface area contributed by atoms with Crippen molar-refractivity contribution in [2.45, 2.75) is 31.0 Å². The summed E-state index contributed by atoms with van der Waals surface area (Å²) in [6, 6.07) is 13.6. The molecule has 2 saturated heterocycles. The highest BCUT2D eigenvalue weighted by Crippen LogP contribution is 2.49. The van der Waals surface area contributed by atoms with E-state index in [4.69, 9.17) is 16.3 Å². The fourth-order valence-electron chi connectivity index (χ4n) is 5.93. The van der Waals surface area contributed by atoms with Gasteiger partial charge < -0.3 is 24.8 Å². The van der Waals surface area contributed by atoms with Gasteiger partial charge in [0.1, 0.15) is 6.10 Å². The highest BCUT2D eigenvalue weighted by Gasteiger charge is 2.48. The topological polar surface area (TPSA) is 77.7 Å². The minimum atomic E-state index is -0.654. The van der Waals surface area contributed by atoms with Crippen molar-refractivity contribution in [1.82, 2.24) is 20.1 Å². The lowest BCUT2D eigenvalue weighted by Gasteiger charge is -2.34. The van der Waals surface area contributed by atoms with Crippen molar-refractivity contribution in [2.75, 3.05) is 46.3 Å². The molecule has 3 aromatic rings. The number of carbonyl (C=O) groups is 2. The lowest BCUT2D eigenvalue weighted by atomic mass is 9.84. The van der Waals surface area contributed by atoms with Crippen molar-refractivity contribution in [2.24, 2.45) is 0 Å². The van der Waals surface area contributed by atoms with Crippen LogP contribution in [-0.2, 0) is 21.6 Å². The number of benzene rings is 2. The van der Waals surface area contributed by atoms with E-state index in [0.29, 0.717) is 10.7 Å². The number of hydrogen-bond acceptors (Lipinski definition) is 5. The van der Waals surface area contributed by atoms with Gasteiger partial charge in [-0.25, -0.2) is 0 Å². The van der Waals surface area contributed by atoms with E-state index in [9.17, 15) is 9.59 Å². The second-order valence-electron chi connectivity index (χ2n) is 10.3. The summed E-state index contributed by atoms with van der Waals surface area (Å²) in [4.78, 5) is 34.3. The highest BCUT2D eigenvalue weighted by molar-refractivity contribution is 6.31. The van der Waals surface area contributed by atoms with E-state index in [-0.39, 0.29) is 18.1 Å². The molecule has 0 radical (unpaired) electrons. The fraction of sp³-hybridized carbons (Fsp3) is 0.429. The third-order valence-electron chi connectivity index (χ3n) is 7.96. The smallest absolute Gasteiger partial charge is 0.227 e. The average Bonchev–Trinajstić information content (AvgIpc) is 3.45. The summed E-state index contributed by atoms with van der Waals surface area (Å²) in [7, 11) is 2.07. The first-order chi connectivity index (χ1) is 17.4. The van der Waals surface area contributed by atoms with E-state index >= 15 is 0 Å². The molecule has 8 heteroatoms. The van der Waals surface area contributed by atoms with Crippen LogP contribution in [0.5, 0.6) is 0 Å². The Labute approximate surface area is 215 Å². The third kappa shape index (κ3) is 4.14. The summed E-state index contributed by atoms with van der Waals surface area (Å²) in [5.41, 5.74) is 3.73. The molecule has 1 aromatic heterocycles. The minimum absolute atomic E-state index is 0.0787. The Hall–Kier alpha value is -2.71. The van der Waals surface area contributed by atoms with Crippen LogP contribution in [-0.4, -0.2) is 72.8 Å². The van der Waals surface area contributed by atoms with E-state index in [1.54, 1.807) is 0 Å². The Morgan fingerprint density at radius 1 is 1.08 bits per heavy atom. The third-order valence-corrected chi connectivity index (χ3v) is 8.18. The zero-order valence-electron chi connectivity index (χ0n) is 20.5. The van der Waals surface area contributed by atoms with Gasteiger partial charge in [0.2, 0.25) is 11.7 Å². The van der Waals surface area contributed by atoms with E-state index in [1.807, 2.05) is 41.3 Å². The molecule has 7 nitrogen and oxygen atoms in total. The van der Waals surface area contributed by atoms with Crippen molar-refractivity contribution < 1.29 is 14.3 Å². The van der Waals surface area contributed by atoms with Crippen molar-refractivity contribution in [1.29, 1.82) is 0 Å². The summed E-state index contributed by atoms with van der Waals surface area (Å²) in [6.45, 7) is 4.93. The number of H-pyrrole nitrogens is 1. The van der Waals surface area contributed by atoms with Crippen LogP contribution in [0.15, 0.2) is 42.5 Å². The zero-order valence-corrected chi connectivity index (χ0v) is 21.2. The molecule has 1 spiro atoms. The molecule has 2 N–H and O–H groups in total. The molecule has 0 aliphatic carbocycles. The van der Waals surface area contributed by atoms with Crippen molar-refractivity contribution in [3.63, 3.8) is 0 Å². The fourth-order valence-corrected chi connectivity index (χ4v) is 6.18. The van der Waals surface area contributed by atoms with Crippen LogP contribution in [0.3, 0.4) is 0 Å². The van der Waals surface area contributed by atoms with Gasteiger partial charge in [0, 0.05) is 42.1 Å². The number of ether oxygens (including phenoxy) is 1. The Morgan fingerprint density at radius 2 is 1.83 bits per heavy atom. The van der Waals surface area contributed by atoms with E-state index in [1.165, 1.54) is 0 Å². The van der Waals surface area contributed by atoms with Gasteiger partial charge in [0.25, 0.3) is 0 Å². The number of fused-ring (bicyclic) bond motifs is 3. The van der Waals surface area contributed by atoms with Crippen LogP contribution in [0.25, 0.3) is 10.9 Å². The Kier molecular flexibility index (Phi) is 6.12. The van der Waals surface area contributed by atoms with Crippen LogP contribution in [0, 0.1) is 0 Å². The lowest BCUT2D eigenvalue weighted by Crippen LogP contribution is -2.47. The molecule has 2 aromatic carbocycles. The number of carbonyl (C=O) groups excluding carboxylic acids is 2. The van der Waals surface area contributed by atoms with Gasteiger partial charge in [-0.2, -0.15) is 0 Å². The quantitative estimate of drug-likeness (QED) is 0.528. The Balaban J connectivity index is 1.30. The van der Waals surface area contributed by atoms with Crippen molar-refractivity contribution in [3.05, 3.63) is 69.9 Å². The molecular weight excluding hydrogens is 476 g/mol. The molecule has 1 atom stereocenters. The molecule has 1 amide bonds. The normalized spacial score (nSPS) is 21.7. The van der Waals surface area contributed by atoms with Crippen LogP contribution in [0.4, 0.5) is 0 Å². The van der Waals surface area contributed by atoms with Crippen molar-refractivity contribution in [3.8, 4) is 0 Å². The molecule has 0 unspecified atom stereocenters. The number of aromatic nitrogens is 1. The zero-order chi connectivity index (χ0) is 24.9. The minimum Gasteiger partial charge on any atom is -0.354 e. The number of nitrogens with one attached hydrogen (secondary N) is 2. The number of rotatable bonds is 4. The number of nitrogens with zero attached hydrogens (tertiary/aromatic N) is 2. The summed E-state index contributed by atoms with van der Waals surface area (Å²) in [6.07, 6.45) is 1.27. The molecule has 3 aliphatic heterocycles. The standard InChI is InChI=1S/C28H31ClN4O3/c1-32-10-12-33(13-11-32)24(34)17-19-15-20(29)14-18-16-23(31-25(18)19)26(35)27-21-4-2-3-5-22(21)28(36-27)6-8-30-9-7-28/h2-5,14-16,27,30-31H,6-13,17H2,1H3/t27-/m1/s1. The number of Topliss-reactive ketones (excluding diaryl/α,β-unsaturated/α-hetero) is 1. The van der Waals surface area contributed by atoms with Gasteiger partial charge >= 0.3 is 0 Å². The Morgan fingerprint density at radius 3 is 2.61 bits per heavy atom. The molecule has 0 bridgehead atoms. The second kappa shape index (κ2) is 9.30. The number of halogens is 1. The maximum absolute atomic E-state index is 13.8. The Bertz CT molecular complexity index is 1320. The van der Waals surface area contributed by atoms with Gasteiger partial charge in [-0.15, -0.1) is 0 Å². The predicted octanol–water partition coefficient (Wildman–Crippen LogP) is 3.67. The van der Waals surface area contributed by atoms with Gasteiger partial charge in [0.05, 0.1) is 17.7 Å². The molecule has 0 saturated carbocycles. The van der Waals surface area contributed by atoms with Crippen LogP contribution in [0.1, 0.15) is 46.1 Å². The first-order valence-electron chi connectivity index (χ1n) is 12.7. The first kappa shape index (κ1) is 23.7. The summed E-state index contributed by atoms with van der Waals surface area (Å²) in [5.74, 6) is -0.0171. The average molecular weight is 507 g/mol. The maximum Gasteiger partial charge on any atom is 0.227 e. The second-order valence-corrected chi connectivity index (χ2v) is 10.7. The number of likely N-dealkylation sites (N-methyl/N-ethyl adjacent to an activating group) is 1. The lowest BCUT2D eigenvalue weighted by molar-refractivity contribution is -0.132. The number of aromatic amines is 1. The van der Waals surface area contributed by atoms with Crippen LogP contribution in [0.2, 0.25) is 5.02 Å². The van der Waals surface area contributed by atoms with E-state index in [2.05, 4.69) is 28.3 Å². The summed E-state index contributed by atoms with van der Waals surface area (Å²) >= 11 is 6.43. The maximum atomic E-state index is 13.8. The number of piperidine rings is 1. The summed E-state index contributed by atoms with van der Waals surface area (Å²) < 4.78 is 6.58. The van der Waals surface area contributed by atoms with Gasteiger partial charge in [-0.05, 0) is 67.9 Å². The molecule has 36 heavy (non-hydrogen) atoms. The van der Waals surface area contributed by atoms with Gasteiger partial charge in [-0.3, -0.25) is 9.59 Å². The van der Waals surface area contributed by atoms with E-state index in [0.717, 1.165) is 79.7 Å². The van der Waals surface area contributed by atoms with Crippen molar-refractivity contribution >= 4 is 34.2 Å². The van der Waals surface area contributed by atoms with Crippen LogP contribution >= 0.6 is 11.6 Å². The number of hydrogen-bond donors (Lipinski definition) is 2. The van der Waals surface area contributed by atoms with E-state index < -0.39 is 11.7 Å². The molecule has 4 heterocycles. The summed E-state index contributed by atoms with van der Waals surface area (Å²) in [5, 5.41) is 4.78. The monoisotopic (exact) mass is 506 g/mol. The largest absolute Gasteiger partial charge is 0.354 e. The molecular formula is C28H31ClN4O3. The molecule has 3 aliphatic rings. The molecule has 188 valence electrons. The molecule has 2 fully saturated rings. The van der Waals surface area contributed by atoms with Gasteiger partial charge in [0.15, 0.2) is 0 Å². The number of piperazine rings is 1. The first-order valence-corrected chi connectivity index (χ1v) is 13.1. The van der Waals surface area contributed by atoms with Gasteiger partial charge in [-0.1, -0.05) is 35.9 Å². The molecule has 6 rings (SSSR count). The van der Waals surface area contributed by atoms with Crippen LogP contribution < -0.4 is 5.32 Å².